The number of nitrogens with zero attached hydrogens (tertiary/aromatic N) is 1. The van der Waals surface area contributed by atoms with Crippen molar-refractivity contribution < 1.29 is 4.74 Å². The van der Waals surface area contributed by atoms with Crippen molar-refractivity contribution in [3.63, 3.8) is 0 Å². The Hall–Kier alpha value is -1.26. The largest absolute Gasteiger partial charge is 0.381 e. The number of aromatic nitrogens is 2. The number of hydrogen-bond acceptors (Lipinski definition) is 2. The Morgan fingerprint density at radius 1 is 1.53 bits per heavy atom. The number of H-pyrrole nitrogens is 1. The first-order chi connectivity index (χ1) is 8.24. The van der Waals surface area contributed by atoms with Gasteiger partial charge in [-0.15, -0.1) is 0 Å². The van der Waals surface area contributed by atoms with Crippen molar-refractivity contribution in [2.45, 2.75) is 13.0 Å². The summed E-state index contributed by atoms with van der Waals surface area (Å²) in [6.45, 7) is 2.22. The van der Waals surface area contributed by atoms with Crippen molar-refractivity contribution in [2.75, 3.05) is 13.2 Å². The maximum absolute atomic E-state index is 11.9. The molecule has 90 valence electrons. The van der Waals surface area contributed by atoms with Gasteiger partial charge in [0.2, 0.25) is 0 Å². The highest BCUT2D eigenvalue weighted by atomic mass is 35.5. The molecule has 2 aromatic rings. The van der Waals surface area contributed by atoms with Gasteiger partial charge in [-0.05, 0) is 24.6 Å². The van der Waals surface area contributed by atoms with Crippen molar-refractivity contribution >= 4 is 22.6 Å². The summed E-state index contributed by atoms with van der Waals surface area (Å²) < 4.78 is 7.08. The standard InChI is InChI=1S/C12H13ClN2O2/c13-9-1-2-10-11(5-9)15(12(16)14-10)6-8-3-4-17-7-8/h1-2,5,8H,3-4,6-7H2,(H,14,16). The van der Waals surface area contributed by atoms with Crippen LogP contribution >= 0.6 is 11.6 Å². The lowest BCUT2D eigenvalue weighted by Gasteiger charge is -2.08. The van der Waals surface area contributed by atoms with Crippen LogP contribution in [0, 0.1) is 5.92 Å². The molecule has 1 aromatic carbocycles. The summed E-state index contributed by atoms with van der Waals surface area (Å²) in [5.41, 5.74) is 1.63. The lowest BCUT2D eigenvalue weighted by atomic mass is 10.1. The third-order valence-electron chi connectivity index (χ3n) is 3.20. The minimum Gasteiger partial charge on any atom is -0.381 e. The van der Waals surface area contributed by atoms with Crippen LogP contribution in [0.25, 0.3) is 11.0 Å². The van der Waals surface area contributed by atoms with Gasteiger partial charge in [-0.1, -0.05) is 11.6 Å². The average molecular weight is 253 g/mol. The summed E-state index contributed by atoms with van der Waals surface area (Å²) in [5.74, 6) is 0.422. The Labute approximate surface area is 103 Å². The highest BCUT2D eigenvalue weighted by Gasteiger charge is 2.18. The molecule has 1 aromatic heterocycles. The molecule has 1 unspecified atom stereocenters. The van der Waals surface area contributed by atoms with Gasteiger partial charge in [0, 0.05) is 24.1 Å². The SMILES string of the molecule is O=c1[nH]c2ccc(Cl)cc2n1CC1CCOC1. The van der Waals surface area contributed by atoms with Gasteiger partial charge >= 0.3 is 5.69 Å². The number of nitrogens with one attached hydrogen (secondary N) is 1. The summed E-state index contributed by atoms with van der Waals surface area (Å²) >= 11 is 5.96. The summed E-state index contributed by atoms with van der Waals surface area (Å²) in [5, 5.41) is 0.646. The van der Waals surface area contributed by atoms with Crippen LogP contribution in [-0.2, 0) is 11.3 Å². The molecule has 5 heteroatoms. The number of fused-ring (bicyclic) bond motifs is 1. The van der Waals surface area contributed by atoms with Crippen LogP contribution in [0.5, 0.6) is 0 Å². The Morgan fingerprint density at radius 2 is 2.41 bits per heavy atom. The molecule has 0 amide bonds. The molecule has 3 rings (SSSR count). The second kappa shape index (κ2) is 4.20. The number of halogens is 1. The predicted molar refractivity (Wildman–Crippen MR) is 66.5 cm³/mol. The topological polar surface area (TPSA) is 47.0 Å². The van der Waals surface area contributed by atoms with Crippen LogP contribution < -0.4 is 5.69 Å². The van der Waals surface area contributed by atoms with Crippen molar-refractivity contribution in [1.82, 2.24) is 9.55 Å². The molecule has 1 N–H and O–H groups in total. The van der Waals surface area contributed by atoms with E-state index in [0.717, 1.165) is 30.7 Å². The van der Waals surface area contributed by atoms with Crippen molar-refractivity contribution in [3.05, 3.63) is 33.7 Å². The molecule has 4 nitrogen and oxygen atoms in total. The molecule has 17 heavy (non-hydrogen) atoms. The first-order valence-corrected chi connectivity index (χ1v) is 6.07. The third kappa shape index (κ3) is 1.98. The molecule has 1 atom stereocenters. The van der Waals surface area contributed by atoms with E-state index < -0.39 is 0 Å². The van der Waals surface area contributed by atoms with Crippen LogP contribution in [0.4, 0.5) is 0 Å². The van der Waals surface area contributed by atoms with Gasteiger partial charge in [-0.25, -0.2) is 4.79 Å². The fourth-order valence-corrected chi connectivity index (χ4v) is 2.46. The van der Waals surface area contributed by atoms with E-state index in [1.54, 1.807) is 10.6 Å². The maximum atomic E-state index is 11.9. The first kappa shape index (κ1) is 10.9. The molecule has 2 heterocycles. The second-order valence-electron chi connectivity index (χ2n) is 4.43. The molecule has 0 saturated carbocycles. The minimum atomic E-state index is -0.0748. The monoisotopic (exact) mass is 252 g/mol. The molecule has 0 bridgehead atoms. The molecule has 0 spiro atoms. The minimum absolute atomic E-state index is 0.0748. The Bertz CT molecular complexity index is 596. The zero-order valence-corrected chi connectivity index (χ0v) is 10.0. The van der Waals surface area contributed by atoms with Gasteiger partial charge in [0.1, 0.15) is 0 Å². The van der Waals surface area contributed by atoms with E-state index in [2.05, 4.69) is 4.98 Å². The summed E-state index contributed by atoms with van der Waals surface area (Å²) in [7, 11) is 0. The number of hydrogen-bond donors (Lipinski definition) is 1. The Morgan fingerprint density at radius 3 is 3.18 bits per heavy atom. The van der Waals surface area contributed by atoms with Crippen LogP contribution in [0.3, 0.4) is 0 Å². The van der Waals surface area contributed by atoms with Crippen molar-refractivity contribution in [2.24, 2.45) is 5.92 Å². The molecule has 1 saturated heterocycles. The molecule has 0 radical (unpaired) electrons. The van der Waals surface area contributed by atoms with E-state index in [1.165, 1.54) is 0 Å². The van der Waals surface area contributed by atoms with Gasteiger partial charge in [0.15, 0.2) is 0 Å². The number of aromatic amines is 1. The van der Waals surface area contributed by atoms with Crippen molar-refractivity contribution in [3.8, 4) is 0 Å². The highest BCUT2D eigenvalue weighted by molar-refractivity contribution is 6.31. The van der Waals surface area contributed by atoms with Crippen LogP contribution in [0.2, 0.25) is 5.02 Å². The lowest BCUT2D eigenvalue weighted by molar-refractivity contribution is 0.182. The van der Waals surface area contributed by atoms with E-state index in [0.29, 0.717) is 17.5 Å². The fourth-order valence-electron chi connectivity index (χ4n) is 2.29. The van der Waals surface area contributed by atoms with Gasteiger partial charge in [0.25, 0.3) is 0 Å². The van der Waals surface area contributed by atoms with Gasteiger partial charge in [0.05, 0.1) is 17.6 Å². The quantitative estimate of drug-likeness (QED) is 0.889. The zero-order chi connectivity index (χ0) is 11.8. The van der Waals surface area contributed by atoms with Crippen LogP contribution in [-0.4, -0.2) is 22.8 Å². The van der Waals surface area contributed by atoms with E-state index in [1.807, 2.05) is 12.1 Å². The maximum Gasteiger partial charge on any atom is 0.326 e. The average Bonchev–Trinajstić information content (AvgIpc) is 2.90. The summed E-state index contributed by atoms with van der Waals surface area (Å²) in [4.78, 5) is 14.7. The first-order valence-electron chi connectivity index (χ1n) is 5.70. The van der Waals surface area contributed by atoms with E-state index in [4.69, 9.17) is 16.3 Å². The Balaban J connectivity index is 2.04. The van der Waals surface area contributed by atoms with E-state index >= 15 is 0 Å². The van der Waals surface area contributed by atoms with Gasteiger partial charge in [-0.3, -0.25) is 4.57 Å². The summed E-state index contributed by atoms with van der Waals surface area (Å²) in [6, 6.07) is 5.44. The van der Waals surface area contributed by atoms with Crippen molar-refractivity contribution in [1.29, 1.82) is 0 Å². The van der Waals surface area contributed by atoms with Crippen LogP contribution in [0.15, 0.2) is 23.0 Å². The molecule has 1 aliphatic rings. The van der Waals surface area contributed by atoms with Gasteiger partial charge in [-0.2, -0.15) is 0 Å². The molecule has 0 aliphatic carbocycles. The van der Waals surface area contributed by atoms with Gasteiger partial charge < -0.3 is 9.72 Å². The van der Waals surface area contributed by atoms with E-state index in [-0.39, 0.29) is 5.69 Å². The fraction of sp³-hybridized carbons (Fsp3) is 0.417. The number of benzene rings is 1. The molecular formula is C12H13ClN2O2. The smallest absolute Gasteiger partial charge is 0.326 e. The Kier molecular flexibility index (Phi) is 2.68. The normalized spacial score (nSPS) is 20.2. The zero-order valence-electron chi connectivity index (χ0n) is 9.28. The number of imidazole rings is 1. The molecule has 1 aliphatic heterocycles. The molecular weight excluding hydrogens is 240 g/mol. The predicted octanol–water partition coefficient (Wildman–Crippen LogP) is 2.02. The number of rotatable bonds is 2. The van der Waals surface area contributed by atoms with Crippen LogP contribution in [0.1, 0.15) is 6.42 Å². The number of ether oxygens (including phenoxy) is 1. The third-order valence-corrected chi connectivity index (χ3v) is 3.44. The van der Waals surface area contributed by atoms with E-state index in [9.17, 15) is 4.79 Å². The highest BCUT2D eigenvalue weighted by Crippen LogP contribution is 2.20. The summed E-state index contributed by atoms with van der Waals surface area (Å²) in [6.07, 6.45) is 1.01. The lowest BCUT2D eigenvalue weighted by Crippen LogP contribution is -2.21. The molecule has 1 fully saturated rings. The second-order valence-corrected chi connectivity index (χ2v) is 4.87.